The number of rotatable bonds is 2. The molecule has 6 heteroatoms. The van der Waals surface area contributed by atoms with E-state index in [1.807, 2.05) is 13.8 Å². The standard InChI is InChI=1S/C13H14BrNO4/c1-6(2)5-15-7(3)4-8-9(12(15)17)11(16)10(14)13(18)19-8/h4,6,16H,5H2,1-3H3. The second-order valence-electron chi connectivity index (χ2n) is 4.89. The molecule has 1 N–H and O–H groups in total. The van der Waals surface area contributed by atoms with E-state index in [4.69, 9.17) is 4.42 Å². The van der Waals surface area contributed by atoms with Crippen LogP contribution in [0.15, 0.2) is 24.5 Å². The van der Waals surface area contributed by atoms with Crippen molar-refractivity contribution in [1.29, 1.82) is 0 Å². The number of aromatic hydroxyl groups is 1. The van der Waals surface area contributed by atoms with Crippen molar-refractivity contribution < 1.29 is 9.52 Å². The molecule has 2 heterocycles. The Morgan fingerprint density at radius 1 is 1.42 bits per heavy atom. The largest absolute Gasteiger partial charge is 0.506 e. The van der Waals surface area contributed by atoms with Crippen molar-refractivity contribution in [1.82, 2.24) is 4.57 Å². The molecule has 0 aliphatic heterocycles. The Bertz CT molecular complexity index is 758. The summed E-state index contributed by atoms with van der Waals surface area (Å²) >= 11 is 2.92. The molecule has 0 aliphatic carbocycles. The van der Waals surface area contributed by atoms with Gasteiger partial charge in [-0.25, -0.2) is 4.79 Å². The first kappa shape index (κ1) is 13.9. The molecule has 0 spiro atoms. The molecule has 0 aromatic carbocycles. The SMILES string of the molecule is Cc1cc2oc(=O)c(Br)c(O)c2c(=O)n1CC(C)C. The third-order valence-electron chi connectivity index (χ3n) is 2.85. The van der Waals surface area contributed by atoms with Gasteiger partial charge in [0.05, 0.1) is 0 Å². The minimum atomic E-state index is -0.703. The molecular weight excluding hydrogens is 314 g/mol. The Morgan fingerprint density at radius 2 is 2.05 bits per heavy atom. The maximum atomic E-state index is 12.4. The van der Waals surface area contributed by atoms with Crippen molar-refractivity contribution in [2.75, 3.05) is 0 Å². The van der Waals surface area contributed by atoms with E-state index in [2.05, 4.69) is 15.9 Å². The zero-order chi connectivity index (χ0) is 14.3. The van der Waals surface area contributed by atoms with E-state index in [1.54, 1.807) is 17.6 Å². The van der Waals surface area contributed by atoms with Crippen LogP contribution in [0.2, 0.25) is 0 Å². The van der Waals surface area contributed by atoms with E-state index < -0.39 is 5.63 Å². The summed E-state index contributed by atoms with van der Waals surface area (Å²) in [5.74, 6) is -0.0797. The number of fused-ring (bicyclic) bond motifs is 1. The Morgan fingerprint density at radius 3 is 2.63 bits per heavy atom. The van der Waals surface area contributed by atoms with Crippen LogP contribution in [0.4, 0.5) is 0 Å². The van der Waals surface area contributed by atoms with Gasteiger partial charge in [-0.2, -0.15) is 0 Å². The quantitative estimate of drug-likeness (QED) is 0.919. The molecule has 0 fully saturated rings. The summed E-state index contributed by atoms with van der Waals surface area (Å²) in [6, 6.07) is 1.59. The highest BCUT2D eigenvalue weighted by atomic mass is 79.9. The molecule has 2 rings (SSSR count). The topological polar surface area (TPSA) is 72.4 Å². The predicted molar refractivity (Wildman–Crippen MR) is 75.7 cm³/mol. The molecule has 0 unspecified atom stereocenters. The smallest absolute Gasteiger partial charge is 0.354 e. The van der Waals surface area contributed by atoms with E-state index in [0.29, 0.717) is 12.2 Å². The van der Waals surface area contributed by atoms with Crippen molar-refractivity contribution in [3.63, 3.8) is 0 Å². The van der Waals surface area contributed by atoms with Crippen molar-refractivity contribution >= 4 is 26.9 Å². The van der Waals surface area contributed by atoms with Gasteiger partial charge in [-0.05, 0) is 28.8 Å². The Balaban J connectivity index is 2.91. The second kappa shape index (κ2) is 4.85. The Hall–Kier alpha value is -1.56. The van der Waals surface area contributed by atoms with Crippen molar-refractivity contribution in [2.24, 2.45) is 5.92 Å². The van der Waals surface area contributed by atoms with Crippen LogP contribution >= 0.6 is 15.9 Å². The van der Waals surface area contributed by atoms with Gasteiger partial charge in [0.15, 0.2) is 5.75 Å². The number of hydrogen-bond acceptors (Lipinski definition) is 4. The van der Waals surface area contributed by atoms with Crippen LogP contribution in [0.5, 0.6) is 5.75 Å². The van der Waals surface area contributed by atoms with Gasteiger partial charge in [0.25, 0.3) is 5.56 Å². The molecule has 0 saturated carbocycles. The number of pyridine rings is 1. The van der Waals surface area contributed by atoms with Crippen molar-refractivity contribution in [2.45, 2.75) is 27.3 Å². The van der Waals surface area contributed by atoms with E-state index >= 15 is 0 Å². The molecule has 2 aromatic rings. The van der Waals surface area contributed by atoms with Crippen LogP contribution in [0.3, 0.4) is 0 Å². The number of aromatic nitrogens is 1. The molecule has 102 valence electrons. The number of halogens is 1. The lowest BCUT2D eigenvalue weighted by atomic mass is 10.2. The molecule has 0 atom stereocenters. The van der Waals surface area contributed by atoms with Gasteiger partial charge in [0, 0.05) is 18.3 Å². The van der Waals surface area contributed by atoms with E-state index in [9.17, 15) is 14.7 Å². The summed E-state index contributed by atoms with van der Waals surface area (Å²) in [6.07, 6.45) is 0. The average molecular weight is 328 g/mol. The zero-order valence-electron chi connectivity index (χ0n) is 10.9. The molecule has 19 heavy (non-hydrogen) atoms. The summed E-state index contributed by atoms with van der Waals surface area (Å²) in [5.41, 5.74) is -0.264. The first-order chi connectivity index (χ1) is 8.82. The monoisotopic (exact) mass is 327 g/mol. The molecule has 2 aromatic heterocycles. The second-order valence-corrected chi connectivity index (χ2v) is 5.68. The molecular formula is C13H14BrNO4. The molecule has 5 nitrogen and oxygen atoms in total. The molecule has 0 amide bonds. The van der Waals surface area contributed by atoms with Crippen LogP contribution in [-0.2, 0) is 6.54 Å². The predicted octanol–water partition coefficient (Wildman–Crippen LogP) is 2.39. The van der Waals surface area contributed by atoms with Crippen LogP contribution in [0.1, 0.15) is 19.5 Å². The lowest BCUT2D eigenvalue weighted by Crippen LogP contribution is -2.25. The maximum absolute atomic E-state index is 12.4. The summed E-state index contributed by atoms with van der Waals surface area (Å²) in [4.78, 5) is 23.8. The number of nitrogens with zero attached hydrogens (tertiary/aromatic N) is 1. The summed E-state index contributed by atoms with van der Waals surface area (Å²) in [7, 11) is 0. The van der Waals surface area contributed by atoms with Gasteiger partial charge >= 0.3 is 5.63 Å². The van der Waals surface area contributed by atoms with Gasteiger partial charge in [0.1, 0.15) is 15.4 Å². The highest BCUT2D eigenvalue weighted by Gasteiger charge is 2.17. The van der Waals surface area contributed by atoms with Gasteiger partial charge in [-0.15, -0.1) is 0 Å². The normalized spacial score (nSPS) is 11.4. The van der Waals surface area contributed by atoms with Crippen LogP contribution in [0, 0.1) is 12.8 Å². The van der Waals surface area contributed by atoms with Crippen LogP contribution in [0.25, 0.3) is 11.0 Å². The molecule has 0 bridgehead atoms. The van der Waals surface area contributed by atoms with E-state index in [0.717, 1.165) is 0 Å². The van der Waals surface area contributed by atoms with Crippen LogP contribution in [-0.4, -0.2) is 9.67 Å². The highest BCUT2D eigenvalue weighted by Crippen LogP contribution is 2.27. The van der Waals surface area contributed by atoms with E-state index in [1.165, 1.54) is 0 Å². The van der Waals surface area contributed by atoms with Gasteiger partial charge in [-0.1, -0.05) is 13.8 Å². The molecule has 0 radical (unpaired) electrons. The third kappa shape index (κ3) is 2.32. The lowest BCUT2D eigenvalue weighted by molar-refractivity contribution is 0.457. The Labute approximate surface area is 117 Å². The summed E-state index contributed by atoms with van der Waals surface area (Å²) in [6.45, 7) is 6.30. The fraction of sp³-hybridized carbons (Fsp3) is 0.385. The maximum Gasteiger partial charge on any atom is 0.354 e. The van der Waals surface area contributed by atoms with Crippen molar-refractivity contribution in [3.05, 3.63) is 37.0 Å². The van der Waals surface area contributed by atoms with Crippen molar-refractivity contribution in [3.8, 4) is 5.75 Å². The molecule has 0 aliphatic rings. The van der Waals surface area contributed by atoms with Gasteiger partial charge < -0.3 is 14.1 Å². The summed E-state index contributed by atoms with van der Waals surface area (Å²) in [5, 5.41) is 9.97. The van der Waals surface area contributed by atoms with Gasteiger partial charge in [-0.3, -0.25) is 4.79 Å². The minimum Gasteiger partial charge on any atom is -0.506 e. The number of hydrogen-bond donors (Lipinski definition) is 1. The first-order valence-corrected chi connectivity index (χ1v) is 6.68. The van der Waals surface area contributed by atoms with Gasteiger partial charge in [0.2, 0.25) is 0 Å². The number of aryl methyl sites for hydroxylation is 1. The third-order valence-corrected chi connectivity index (χ3v) is 3.54. The highest BCUT2D eigenvalue weighted by molar-refractivity contribution is 9.10. The Kier molecular flexibility index (Phi) is 3.54. The molecule has 0 saturated heterocycles. The van der Waals surface area contributed by atoms with Crippen LogP contribution < -0.4 is 11.2 Å². The lowest BCUT2D eigenvalue weighted by Gasteiger charge is -2.13. The van der Waals surface area contributed by atoms with E-state index in [-0.39, 0.29) is 32.7 Å². The minimum absolute atomic E-state index is 0.0257. The first-order valence-electron chi connectivity index (χ1n) is 5.88. The fourth-order valence-corrected chi connectivity index (χ4v) is 2.26. The zero-order valence-corrected chi connectivity index (χ0v) is 12.4. The average Bonchev–Trinajstić information content (AvgIpc) is 2.31. The summed E-state index contributed by atoms with van der Waals surface area (Å²) < 4.78 is 6.46. The fourth-order valence-electron chi connectivity index (χ4n) is 1.98.